The molecule has 0 aromatic carbocycles. The van der Waals surface area contributed by atoms with E-state index in [1.165, 1.54) is 6.42 Å². The predicted octanol–water partition coefficient (Wildman–Crippen LogP) is 1.34. The third-order valence-corrected chi connectivity index (χ3v) is 4.54. The van der Waals surface area contributed by atoms with E-state index in [0.29, 0.717) is 12.0 Å². The Morgan fingerprint density at radius 3 is 2.78 bits per heavy atom. The summed E-state index contributed by atoms with van der Waals surface area (Å²) in [4.78, 5) is 0. The highest BCUT2D eigenvalue weighted by Gasteiger charge is 2.52. The van der Waals surface area contributed by atoms with Crippen LogP contribution in [-0.4, -0.2) is 50.2 Å². The molecule has 3 unspecified atom stereocenters. The van der Waals surface area contributed by atoms with Crippen LogP contribution in [0.15, 0.2) is 0 Å². The van der Waals surface area contributed by atoms with Gasteiger partial charge in [0.1, 0.15) is 5.60 Å². The van der Waals surface area contributed by atoms with Crippen molar-refractivity contribution < 1.29 is 14.2 Å². The highest BCUT2D eigenvalue weighted by Crippen LogP contribution is 2.41. The van der Waals surface area contributed by atoms with Crippen LogP contribution in [0.3, 0.4) is 0 Å². The smallest absolute Gasteiger partial charge is 0.109 e. The van der Waals surface area contributed by atoms with Crippen LogP contribution in [0.1, 0.15) is 33.1 Å². The largest absolute Gasteiger partial charge is 0.381 e. The molecule has 1 N–H and O–H groups in total. The van der Waals surface area contributed by atoms with Gasteiger partial charge in [-0.3, -0.25) is 0 Å². The molecule has 3 rings (SSSR count). The minimum atomic E-state index is -0.107. The van der Waals surface area contributed by atoms with Crippen LogP contribution in [0, 0.1) is 5.92 Å². The van der Waals surface area contributed by atoms with E-state index >= 15 is 0 Å². The summed E-state index contributed by atoms with van der Waals surface area (Å²) in [5.41, 5.74) is -0.159. The molecule has 0 aromatic heterocycles. The Morgan fingerprint density at radius 2 is 2.11 bits per heavy atom. The van der Waals surface area contributed by atoms with Gasteiger partial charge in [-0.05, 0) is 32.6 Å². The molecule has 0 radical (unpaired) electrons. The lowest BCUT2D eigenvalue weighted by Crippen LogP contribution is -2.59. The Labute approximate surface area is 109 Å². The normalized spacial score (nSPS) is 43.7. The molecule has 0 amide bonds. The number of rotatable bonds is 2. The number of nitrogens with one attached hydrogen (secondary N) is 1. The maximum Gasteiger partial charge on any atom is 0.109 e. The van der Waals surface area contributed by atoms with Crippen molar-refractivity contribution in [3.05, 3.63) is 0 Å². The highest BCUT2D eigenvalue weighted by molar-refractivity contribution is 5.04. The standard InChI is InChI=1S/C14H25NO3/c1-13(2)9-14(10-18-13)12(15-4-6-17-14)7-11-3-5-16-8-11/h11-12,15H,3-10H2,1-2H3. The molecule has 3 atom stereocenters. The zero-order valence-electron chi connectivity index (χ0n) is 11.5. The lowest BCUT2D eigenvalue weighted by molar-refractivity contribution is -0.102. The monoisotopic (exact) mass is 255 g/mol. The third kappa shape index (κ3) is 2.44. The minimum Gasteiger partial charge on any atom is -0.381 e. The SMILES string of the molecule is CC1(C)CC2(CO1)OCCNC2CC1CCOC1. The average Bonchev–Trinajstić information content (AvgIpc) is 2.91. The number of ether oxygens (including phenoxy) is 3. The fourth-order valence-corrected chi connectivity index (χ4v) is 3.63. The van der Waals surface area contributed by atoms with Crippen molar-refractivity contribution in [1.82, 2.24) is 5.32 Å². The highest BCUT2D eigenvalue weighted by atomic mass is 16.6. The fourth-order valence-electron chi connectivity index (χ4n) is 3.63. The van der Waals surface area contributed by atoms with Gasteiger partial charge in [0.25, 0.3) is 0 Å². The molecule has 3 saturated heterocycles. The van der Waals surface area contributed by atoms with Crippen LogP contribution < -0.4 is 5.32 Å². The quantitative estimate of drug-likeness (QED) is 0.808. The molecule has 3 aliphatic rings. The molecule has 104 valence electrons. The zero-order chi connectivity index (χ0) is 12.6. The Balaban J connectivity index is 1.69. The molecule has 0 aliphatic carbocycles. The fraction of sp³-hybridized carbons (Fsp3) is 1.00. The number of hydrogen-bond donors (Lipinski definition) is 1. The molecule has 4 nitrogen and oxygen atoms in total. The van der Waals surface area contributed by atoms with E-state index in [9.17, 15) is 0 Å². The van der Waals surface area contributed by atoms with E-state index in [-0.39, 0.29) is 11.2 Å². The maximum atomic E-state index is 6.16. The summed E-state index contributed by atoms with van der Waals surface area (Å²) >= 11 is 0. The van der Waals surface area contributed by atoms with E-state index in [1.807, 2.05) is 0 Å². The van der Waals surface area contributed by atoms with Crippen molar-refractivity contribution in [3.63, 3.8) is 0 Å². The summed E-state index contributed by atoms with van der Waals surface area (Å²) in [5.74, 6) is 0.685. The lowest BCUT2D eigenvalue weighted by Gasteiger charge is -2.42. The van der Waals surface area contributed by atoms with Gasteiger partial charge >= 0.3 is 0 Å². The summed E-state index contributed by atoms with van der Waals surface area (Å²) in [7, 11) is 0. The zero-order valence-corrected chi connectivity index (χ0v) is 11.5. The van der Waals surface area contributed by atoms with E-state index in [4.69, 9.17) is 14.2 Å². The second-order valence-electron chi connectivity index (χ2n) is 6.61. The molecule has 4 heteroatoms. The van der Waals surface area contributed by atoms with Crippen LogP contribution in [0.4, 0.5) is 0 Å². The summed E-state index contributed by atoms with van der Waals surface area (Å²) in [6.07, 6.45) is 3.34. The lowest BCUT2D eigenvalue weighted by atomic mass is 9.81. The van der Waals surface area contributed by atoms with Gasteiger partial charge in [-0.25, -0.2) is 0 Å². The average molecular weight is 255 g/mol. The Kier molecular flexibility index (Phi) is 3.39. The molecule has 3 heterocycles. The Bertz CT molecular complexity index is 301. The maximum absolute atomic E-state index is 6.16. The Morgan fingerprint density at radius 1 is 1.22 bits per heavy atom. The first kappa shape index (κ1) is 12.9. The van der Waals surface area contributed by atoms with Gasteiger partial charge in [0, 0.05) is 32.2 Å². The Hall–Kier alpha value is -0.160. The summed E-state index contributed by atoms with van der Waals surface area (Å²) in [6.45, 7) is 8.65. The molecular weight excluding hydrogens is 230 g/mol. The topological polar surface area (TPSA) is 39.7 Å². The van der Waals surface area contributed by atoms with E-state index in [0.717, 1.165) is 45.8 Å². The first-order valence-corrected chi connectivity index (χ1v) is 7.19. The molecule has 0 aromatic rings. The van der Waals surface area contributed by atoms with Crippen molar-refractivity contribution in [2.24, 2.45) is 5.92 Å². The van der Waals surface area contributed by atoms with Gasteiger partial charge in [-0.15, -0.1) is 0 Å². The van der Waals surface area contributed by atoms with Crippen LogP contribution in [-0.2, 0) is 14.2 Å². The molecule has 1 spiro atoms. The molecule has 0 bridgehead atoms. The molecule has 3 fully saturated rings. The number of hydrogen-bond acceptors (Lipinski definition) is 4. The van der Waals surface area contributed by atoms with Crippen LogP contribution in [0.25, 0.3) is 0 Å². The van der Waals surface area contributed by atoms with Crippen LogP contribution in [0.2, 0.25) is 0 Å². The predicted molar refractivity (Wildman–Crippen MR) is 68.7 cm³/mol. The summed E-state index contributed by atoms with van der Waals surface area (Å²) in [6, 6.07) is 0.416. The second kappa shape index (κ2) is 4.75. The van der Waals surface area contributed by atoms with E-state index < -0.39 is 0 Å². The van der Waals surface area contributed by atoms with Crippen LogP contribution in [0.5, 0.6) is 0 Å². The molecule has 0 saturated carbocycles. The van der Waals surface area contributed by atoms with E-state index in [2.05, 4.69) is 19.2 Å². The second-order valence-corrected chi connectivity index (χ2v) is 6.61. The molecular formula is C14H25NO3. The third-order valence-electron chi connectivity index (χ3n) is 4.54. The van der Waals surface area contributed by atoms with Gasteiger partial charge in [-0.1, -0.05) is 0 Å². The van der Waals surface area contributed by atoms with Crippen LogP contribution >= 0.6 is 0 Å². The van der Waals surface area contributed by atoms with Crippen molar-refractivity contribution in [2.75, 3.05) is 33.0 Å². The van der Waals surface area contributed by atoms with Crippen molar-refractivity contribution >= 4 is 0 Å². The van der Waals surface area contributed by atoms with Gasteiger partial charge in [0.05, 0.1) is 18.8 Å². The summed E-state index contributed by atoms with van der Waals surface area (Å²) in [5, 5.41) is 3.66. The minimum absolute atomic E-state index is 0.0521. The van der Waals surface area contributed by atoms with Crippen molar-refractivity contribution in [2.45, 2.75) is 50.4 Å². The van der Waals surface area contributed by atoms with E-state index in [1.54, 1.807) is 0 Å². The first-order valence-electron chi connectivity index (χ1n) is 7.19. The van der Waals surface area contributed by atoms with Gasteiger partial charge in [0.2, 0.25) is 0 Å². The number of morpholine rings is 1. The molecule has 3 aliphatic heterocycles. The first-order chi connectivity index (χ1) is 8.60. The van der Waals surface area contributed by atoms with Crippen molar-refractivity contribution in [3.8, 4) is 0 Å². The van der Waals surface area contributed by atoms with Gasteiger partial charge in [0.15, 0.2) is 0 Å². The van der Waals surface area contributed by atoms with Gasteiger partial charge < -0.3 is 19.5 Å². The van der Waals surface area contributed by atoms with Crippen molar-refractivity contribution in [1.29, 1.82) is 0 Å². The van der Waals surface area contributed by atoms with Gasteiger partial charge in [-0.2, -0.15) is 0 Å². The molecule has 18 heavy (non-hydrogen) atoms. The summed E-state index contributed by atoms with van der Waals surface area (Å²) < 4.78 is 17.6.